The van der Waals surface area contributed by atoms with Gasteiger partial charge in [0, 0.05) is 22.0 Å². The molecule has 3 N–H and O–H groups in total. The van der Waals surface area contributed by atoms with Gasteiger partial charge in [-0.2, -0.15) is 5.10 Å². The topological polar surface area (TPSA) is 103 Å². The van der Waals surface area contributed by atoms with Crippen LogP contribution < -0.4 is 11.1 Å². The summed E-state index contributed by atoms with van der Waals surface area (Å²) in [5, 5.41) is 9.65. The van der Waals surface area contributed by atoms with E-state index in [0.717, 1.165) is 16.1 Å². The number of amides is 2. The molecular formula is C21H17N5O2S2. The highest BCUT2D eigenvalue weighted by Gasteiger charge is 2.15. The second-order valence-corrected chi connectivity index (χ2v) is 8.13. The van der Waals surface area contributed by atoms with Gasteiger partial charge in [0.05, 0.1) is 23.3 Å². The summed E-state index contributed by atoms with van der Waals surface area (Å²) >= 11 is 2.65. The Hall–Kier alpha value is -3.43. The number of nitrogens with zero attached hydrogens (tertiary/aromatic N) is 3. The van der Waals surface area contributed by atoms with Gasteiger partial charge in [0.1, 0.15) is 10.7 Å². The van der Waals surface area contributed by atoms with Crippen LogP contribution in [-0.2, 0) is 4.79 Å². The van der Waals surface area contributed by atoms with Crippen molar-refractivity contribution in [1.82, 2.24) is 14.8 Å². The molecule has 150 valence electrons. The second kappa shape index (κ2) is 8.93. The molecule has 0 fully saturated rings. The predicted molar refractivity (Wildman–Crippen MR) is 119 cm³/mol. The zero-order chi connectivity index (χ0) is 20.9. The lowest BCUT2D eigenvalue weighted by Gasteiger charge is -2.09. The quantitative estimate of drug-likeness (QED) is 0.430. The summed E-state index contributed by atoms with van der Waals surface area (Å²) in [5.41, 5.74) is 7.93. The number of thioether (sulfide) groups is 1. The molecule has 7 nitrogen and oxygen atoms in total. The average molecular weight is 436 g/mol. The molecule has 30 heavy (non-hydrogen) atoms. The van der Waals surface area contributed by atoms with Crippen molar-refractivity contribution in [2.24, 2.45) is 5.73 Å². The third kappa shape index (κ3) is 4.58. The lowest BCUT2D eigenvalue weighted by molar-refractivity contribution is -0.115. The van der Waals surface area contributed by atoms with E-state index in [1.54, 1.807) is 22.3 Å². The smallest absolute Gasteiger partial charge is 0.275 e. The summed E-state index contributed by atoms with van der Waals surface area (Å²) < 4.78 is 1.77. The van der Waals surface area contributed by atoms with E-state index in [1.807, 2.05) is 54.7 Å². The zero-order valence-electron chi connectivity index (χ0n) is 15.7. The Kier molecular flexibility index (Phi) is 5.92. The standard InChI is InChI=1S/C21H17N5O2S2/c22-19(27)13-29-18-9-5-4-8-16(18)24-20(28)17-12-30-21(25-17)14-10-23-26(11-14)15-6-2-1-3-7-15/h1-12H,13H2,(H2,22,27)(H,24,28). The number of primary amides is 1. The maximum absolute atomic E-state index is 12.7. The molecule has 2 aromatic carbocycles. The Balaban J connectivity index is 1.49. The molecule has 0 spiro atoms. The maximum Gasteiger partial charge on any atom is 0.275 e. The van der Waals surface area contributed by atoms with Gasteiger partial charge in [-0.15, -0.1) is 23.1 Å². The summed E-state index contributed by atoms with van der Waals surface area (Å²) in [4.78, 5) is 29.0. The molecule has 0 unspecified atom stereocenters. The lowest BCUT2D eigenvalue weighted by Crippen LogP contribution is -2.15. The van der Waals surface area contributed by atoms with Crippen LogP contribution in [0.15, 0.2) is 77.3 Å². The number of carbonyl (C=O) groups is 2. The van der Waals surface area contributed by atoms with Gasteiger partial charge in [-0.1, -0.05) is 30.3 Å². The minimum absolute atomic E-state index is 0.138. The highest BCUT2D eigenvalue weighted by Crippen LogP contribution is 2.28. The van der Waals surface area contributed by atoms with Crippen LogP contribution in [0.2, 0.25) is 0 Å². The largest absolute Gasteiger partial charge is 0.369 e. The molecule has 0 atom stereocenters. The molecule has 2 aromatic heterocycles. The second-order valence-electron chi connectivity index (χ2n) is 6.25. The van der Waals surface area contributed by atoms with Crippen molar-refractivity contribution >= 4 is 40.6 Å². The van der Waals surface area contributed by atoms with Crippen LogP contribution in [0.5, 0.6) is 0 Å². The van der Waals surface area contributed by atoms with Gasteiger partial charge in [0.2, 0.25) is 5.91 Å². The highest BCUT2D eigenvalue weighted by atomic mass is 32.2. The molecule has 0 bridgehead atoms. The van der Waals surface area contributed by atoms with E-state index in [2.05, 4.69) is 15.4 Å². The van der Waals surface area contributed by atoms with E-state index in [-0.39, 0.29) is 11.7 Å². The summed E-state index contributed by atoms with van der Waals surface area (Å²) in [7, 11) is 0. The number of rotatable bonds is 7. The minimum atomic E-state index is -0.415. The first kappa shape index (κ1) is 19.9. The SMILES string of the molecule is NC(=O)CSc1ccccc1NC(=O)c1csc(-c2cnn(-c3ccccc3)c2)n1. The number of aromatic nitrogens is 3. The van der Waals surface area contributed by atoms with Crippen molar-refractivity contribution in [3.63, 3.8) is 0 Å². The van der Waals surface area contributed by atoms with Crippen molar-refractivity contribution < 1.29 is 9.59 Å². The molecule has 0 saturated heterocycles. The number of thiazole rings is 1. The Morgan fingerprint density at radius 1 is 1.10 bits per heavy atom. The molecule has 0 aliphatic rings. The van der Waals surface area contributed by atoms with Gasteiger partial charge in [0.25, 0.3) is 5.91 Å². The number of benzene rings is 2. The molecule has 0 aliphatic heterocycles. The maximum atomic E-state index is 12.7. The summed E-state index contributed by atoms with van der Waals surface area (Å²) in [6.45, 7) is 0. The van der Waals surface area contributed by atoms with Crippen molar-refractivity contribution in [2.45, 2.75) is 4.90 Å². The number of hydrogen-bond donors (Lipinski definition) is 2. The third-order valence-electron chi connectivity index (χ3n) is 4.09. The normalized spacial score (nSPS) is 10.7. The van der Waals surface area contributed by atoms with Gasteiger partial charge >= 0.3 is 0 Å². The van der Waals surface area contributed by atoms with Crippen LogP contribution in [0, 0.1) is 0 Å². The summed E-state index contributed by atoms with van der Waals surface area (Å²) in [5.74, 6) is -0.597. The Morgan fingerprint density at radius 3 is 2.67 bits per heavy atom. The first-order valence-corrected chi connectivity index (χ1v) is 10.8. The summed E-state index contributed by atoms with van der Waals surface area (Å²) in [6, 6.07) is 17.0. The fourth-order valence-corrected chi connectivity index (χ4v) is 4.22. The van der Waals surface area contributed by atoms with Crippen molar-refractivity contribution in [1.29, 1.82) is 0 Å². The molecule has 4 aromatic rings. The van der Waals surface area contributed by atoms with E-state index >= 15 is 0 Å². The third-order valence-corrected chi connectivity index (χ3v) is 6.08. The number of nitrogens with two attached hydrogens (primary N) is 1. The van der Waals surface area contributed by atoms with Crippen LogP contribution in [-0.4, -0.2) is 32.3 Å². The van der Waals surface area contributed by atoms with E-state index in [4.69, 9.17) is 5.73 Å². The van der Waals surface area contributed by atoms with Crippen molar-refractivity contribution in [3.8, 4) is 16.3 Å². The number of anilines is 1. The molecule has 2 heterocycles. The predicted octanol–water partition coefficient (Wildman–Crippen LogP) is 3.83. The van der Waals surface area contributed by atoms with Gasteiger partial charge in [-0.25, -0.2) is 9.67 Å². The minimum Gasteiger partial charge on any atom is -0.369 e. The first-order valence-electron chi connectivity index (χ1n) is 8.97. The van der Waals surface area contributed by atoms with Gasteiger partial charge in [-0.05, 0) is 24.3 Å². The number of para-hydroxylation sites is 2. The average Bonchev–Trinajstić information content (AvgIpc) is 3.43. The van der Waals surface area contributed by atoms with E-state index in [0.29, 0.717) is 16.4 Å². The van der Waals surface area contributed by atoms with Crippen LogP contribution in [0.25, 0.3) is 16.3 Å². The summed E-state index contributed by atoms with van der Waals surface area (Å²) in [6.07, 6.45) is 3.61. The molecule has 0 aliphatic carbocycles. The molecule has 9 heteroatoms. The fraction of sp³-hybridized carbons (Fsp3) is 0.0476. The number of nitrogens with one attached hydrogen (secondary N) is 1. The molecule has 4 rings (SSSR count). The lowest BCUT2D eigenvalue weighted by atomic mass is 10.3. The molecule has 0 saturated carbocycles. The van der Waals surface area contributed by atoms with Gasteiger partial charge in [0.15, 0.2) is 0 Å². The zero-order valence-corrected chi connectivity index (χ0v) is 17.3. The molecular weight excluding hydrogens is 418 g/mol. The number of hydrogen-bond acceptors (Lipinski definition) is 6. The Morgan fingerprint density at radius 2 is 1.87 bits per heavy atom. The number of carbonyl (C=O) groups excluding carboxylic acids is 2. The van der Waals surface area contributed by atoms with E-state index in [1.165, 1.54) is 23.1 Å². The molecule has 2 amide bonds. The van der Waals surface area contributed by atoms with Gasteiger partial charge < -0.3 is 11.1 Å². The molecule has 0 radical (unpaired) electrons. The van der Waals surface area contributed by atoms with Crippen LogP contribution in [0.4, 0.5) is 5.69 Å². The Labute approximate surface area is 181 Å². The van der Waals surface area contributed by atoms with E-state index < -0.39 is 5.91 Å². The van der Waals surface area contributed by atoms with Crippen molar-refractivity contribution in [3.05, 3.63) is 78.1 Å². The van der Waals surface area contributed by atoms with Crippen LogP contribution >= 0.6 is 23.1 Å². The monoisotopic (exact) mass is 435 g/mol. The highest BCUT2D eigenvalue weighted by molar-refractivity contribution is 8.00. The van der Waals surface area contributed by atoms with Gasteiger partial charge in [-0.3, -0.25) is 9.59 Å². The van der Waals surface area contributed by atoms with Crippen LogP contribution in [0.1, 0.15) is 10.5 Å². The fourth-order valence-electron chi connectivity index (χ4n) is 2.70. The van der Waals surface area contributed by atoms with E-state index in [9.17, 15) is 9.59 Å². The van der Waals surface area contributed by atoms with Crippen molar-refractivity contribution in [2.75, 3.05) is 11.1 Å². The first-order chi connectivity index (χ1) is 14.6. The van der Waals surface area contributed by atoms with Crippen LogP contribution in [0.3, 0.4) is 0 Å². The Bertz CT molecular complexity index is 1190.